The van der Waals surface area contributed by atoms with Crippen LogP contribution in [0.3, 0.4) is 0 Å². The Balaban J connectivity index is 2.01. The topological polar surface area (TPSA) is 160 Å². The Bertz CT molecular complexity index is 1730. The van der Waals surface area contributed by atoms with Crippen molar-refractivity contribution in [1.29, 1.82) is 5.26 Å². The van der Waals surface area contributed by atoms with Gasteiger partial charge < -0.3 is 15.2 Å². The van der Waals surface area contributed by atoms with Crippen LogP contribution in [0.1, 0.15) is 44.0 Å². The molecule has 1 amide bonds. The molecule has 0 aliphatic carbocycles. The molecule has 40 heavy (non-hydrogen) atoms. The van der Waals surface area contributed by atoms with E-state index in [4.69, 9.17) is 15.2 Å². The van der Waals surface area contributed by atoms with Crippen molar-refractivity contribution in [3.05, 3.63) is 68.4 Å². The molecule has 2 atom stereocenters. The maximum absolute atomic E-state index is 14.4. The van der Waals surface area contributed by atoms with E-state index in [1.54, 1.807) is 20.8 Å². The molecule has 3 heterocycles. The molecule has 4 aromatic rings. The molecule has 0 spiro atoms. The standard InChI is InChI=1S/C26H28FN7O5S/c1-14-20-22(36)33(15(2)21(29)35)25(37)32(24(20)40-23(14)34-30-8-9-31-34)11-19(39-13-26(3,4)12-28)17-10-16(27)6-7-18(17)38-5/h6-10,15,19H,11,13H2,1-5H3,(H2,29,35)/t15?,19-/m0/s1. The Morgan fingerprint density at radius 2 is 1.95 bits per heavy atom. The molecular formula is C26H28FN7O5S. The number of ether oxygens (including phenoxy) is 2. The van der Waals surface area contributed by atoms with E-state index in [0.29, 0.717) is 21.9 Å². The highest BCUT2D eigenvalue weighted by Crippen LogP contribution is 2.34. The minimum atomic E-state index is -1.26. The monoisotopic (exact) mass is 569 g/mol. The molecule has 0 bridgehead atoms. The number of thiophene rings is 1. The van der Waals surface area contributed by atoms with Gasteiger partial charge in [-0.3, -0.25) is 14.2 Å². The number of carbonyl (C=O) groups is 1. The number of aryl methyl sites for hydroxylation is 1. The Morgan fingerprint density at radius 3 is 2.55 bits per heavy atom. The molecule has 0 radical (unpaired) electrons. The first kappa shape index (κ1) is 28.7. The molecular weight excluding hydrogens is 541 g/mol. The number of carbonyl (C=O) groups excluding carboxylic acids is 1. The van der Waals surface area contributed by atoms with Gasteiger partial charge in [-0.2, -0.15) is 15.5 Å². The number of hydrogen-bond acceptors (Lipinski definition) is 9. The summed E-state index contributed by atoms with van der Waals surface area (Å²) >= 11 is 1.10. The molecule has 14 heteroatoms. The van der Waals surface area contributed by atoms with Gasteiger partial charge in [0.15, 0.2) is 0 Å². The van der Waals surface area contributed by atoms with E-state index in [9.17, 15) is 24.0 Å². The zero-order chi connectivity index (χ0) is 29.4. The van der Waals surface area contributed by atoms with Crippen LogP contribution in [0.25, 0.3) is 15.2 Å². The van der Waals surface area contributed by atoms with Crippen LogP contribution in [0.5, 0.6) is 5.75 Å². The number of benzene rings is 1. The predicted molar refractivity (Wildman–Crippen MR) is 145 cm³/mol. The van der Waals surface area contributed by atoms with Crippen LogP contribution in [-0.4, -0.2) is 43.8 Å². The van der Waals surface area contributed by atoms with Gasteiger partial charge in [-0.25, -0.2) is 13.8 Å². The first-order valence-electron chi connectivity index (χ1n) is 12.2. The predicted octanol–water partition coefficient (Wildman–Crippen LogP) is 2.62. The first-order chi connectivity index (χ1) is 18.9. The van der Waals surface area contributed by atoms with Crippen molar-refractivity contribution in [3.8, 4) is 16.8 Å². The van der Waals surface area contributed by atoms with E-state index in [0.717, 1.165) is 15.9 Å². The highest BCUT2D eigenvalue weighted by molar-refractivity contribution is 7.21. The van der Waals surface area contributed by atoms with Crippen LogP contribution in [0.15, 0.2) is 40.2 Å². The highest BCUT2D eigenvalue weighted by Gasteiger charge is 2.29. The number of aromatic nitrogens is 5. The molecule has 0 aliphatic rings. The number of amides is 1. The lowest BCUT2D eigenvalue weighted by Crippen LogP contribution is -2.45. The smallest absolute Gasteiger partial charge is 0.332 e. The van der Waals surface area contributed by atoms with Crippen molar-refractivity contribution in [2.45, 2.75) is 46.4 Å². The summed E-state index contributed by atoms with van der Waals surface area (Å²) in [6.07, 6.45) is 1.95. The second-order valence-electron chi connectivity index (χ2n) is 9.86. The van der Waals surface area contributed by atoms with Gasteiger partial charge >= 0.3 is 5.69 Å². The Kier molecular flexibility index (Phi) is 7.90. The van der Waals surface area contributed by atoms with Crippen LogP contribution >= 0.6 is 11.3 Å². The largest absolute Gasteiger partial charge is 0.496 e. The third-order valence-electron chi connectivity index (χ3n) is 6.45. The third-order valence-corrected chi connectivity index (χ3v) is 7.73. The zero-order valence-electron chi connectivity index (χ0n) is 22.5. The molecule has 0 fully saturated rings. The lowest BCUT2D eigenvalue weighted by Gasteiger charge is -2.25. The number of nitriles is 1. The van der Waals surface area contributed by atoms with Crippen molar-refractivity contribution in [1.82, 2.24) is 24.1 Å². The molecule has 4 rings (SSSR count). The van der Waals surface area contributed by atoms with Gasteiger partial charge in [-0.15, -0.1) is 4.80 Å². The maximum atomic E-state index is 14.4. The van der Waals surface area contributed by atoms with Crippen LogP contribution < -0.4 is 21.7 Å². The quantitative estimate of drug-likeness (QED) is 0.305. The van der Waals surface area contributed by atoms with Crippen LogP contribution in [0, 0.1) is 29.5 Å². The average molecular weight is 570 g/mol. The summed E-state index contributed by atoms with van der Waals surface area (Å²) in [4.78, 5) is 41.2. The van der Waals surface area contributed by atoms with Crippen molar-refractivity contribution in [2.24, 2.45) is 11.1 Å². The van der Waals surface area contributed by atoms with Gasteiger partial charge in [0.1, 0.15) is 33.5 Å². The number of halogens is 1. The average Bonchev–Trinajstić information content (AvgIpc) is 3.56. The Morgan fingerprint density at radius 1 is 1.27 bits per heavy atom. The molecule has 1 unspecified atom stereocenters. The summed E-state index contributed by atoms with van der Waals surface area (Å²) in [5.41, 5.74) is 3.87. The van der Waals surface area contributed by atoms with Crippen LogP contribution in [0.4, 0.5) is 4.39 Å². The van der Waals surface area contributed by atoms with Crippen molar-refractivity contribution in [3.63, 3.8) is 0 Å². The van der Waals surface area contributed by atoms with Gasteiger partial charge in [-0.1, -0.05) is 11.3 Å². The Labute approximate surface area is 232 Å². The summed E-state index contributed by atoms with van der Waals surface area (Å²) in [6, 6.07) is 4.78. The summed E-state index contributed by atoms with van der Waals surface area (Å²) in [7, 11) is 1.41. The molecule has 0 aliphatic heterocycles. The summed E-state index contributed by atoms with van der Waals surface area (Å²) in [5, 5.41) is 18.5. The number of nitrogens with two attached hydrogens (primary N) is 1. The third kappa shape index (κ3) is 5.25. The van der Waals surface area contributed by atoms with E-state index in [1.165, 1.54) is 54.0 Å². The number of hydrogen-bond donors (Lipinski definition) is 1. The SMILES string of the molecule is COc1ccc(F)cc1[C@H](Cn1c(=O)n(C(C)C(N)=O)c(=O)c2c(C)c(-n3nccn3)sc21)OCC(C)(C)C#N. The number of fused-ring (bicyclic) bond motifs is 1. The van der Waals surface area contributed by atoms with Gasteiger partial charge in [0.25, 0.3) is 5.56 Å². The molecule has 1 aromatic carbocycles. The van der Waals surface area contributed by atoms with Gasteiger partial charge in [-0.05, 0) is 45.9 Å². The summed E-state index contributed by atoms with van der Waals surface area (Å²) in [6.45, 7) is 6.13. The number of rotatable bonds is 10. The first-order valence-corrected chi connectivity index (χ1v) is 13.0. The van der Waals surface area contributed by atoms with Crippen molar-refractivity contribution >= 4 is 27.5 Å². The number of nitrogens with zero attached hydrogens (tertiary/aromatic N) is 6. The normalized spacial score (nSPS) is 13.2. The van der Waals surface area contributed by atoms with Crippen molar-refractivity contribution < 1.29 is 18.7 Å². The fourth-order valence-electron chi connectivity index (χ4n) is 4.20. The lowest BCUT2D eigenvalue weighted by atomic mass is 9.97. The van der Waals surface area contributed by atoms with Crippen LogP contribution in [0.2, 0.25) is 0 Å². The molecule has 3 aromatic heterocycles. The molecule has 210 valence electrons. The maximum Gasteiger partial charge on any atom is 0.332 e. The minimum absolute atomic E-state index is 0.0605. The second kappa shape index (κ2) is 11.0. The van der Waals surface area contributed by atoms with Gasteiger partial charge in [0.2, 0.25) is 5.91 Å². The minimum Gasteiger partial charge on any atom is -0.496 e. The van der Waals surface area contributed by atoms with Gasteiger partial charge in [0.05, 0.1) is 49.5 Å². The Hall–Kier alpha value is -4.35. The fourth-order valence-corrected chi connectivity index (χ4v) is 5.42. The molecule has 0 saturated heterocycles. The van der Waals surface area contributed by atoms with E-state index in [1.807, 2.05) is 0 Å². The highest BCUT2D eigenvalue weighted by atomic mass is 32.1. The van der Waals surface area contributed by atoms with E-state index in [2.05, 4.69) is 16.3 Å². The van der Waals surface area contributed by atoms with Gasteiger partial charge in [0, 0.05) is 11.1 Å². The molecule has 2 N–H and O–H groups in total. The van der Waals surface area contributed by atoms with Crippen LogP contribution in [-0.2, 0) is 16.1 Å². The second-order valence-corrected chi connectivity index (χ2v) is 10.8. The number of primary amides is 1. The van der Waals surface area contributed by atoms with E-state index in [-0.39, 0.29) is 23.4 Å². The van der Waals surface area contributed by atoms with E-state index >= 15 is 0 Å². The molecule has 0 saturated carbocycles. The van der Waals surface area contributed by atoms with E-state index < -0.39 is 40.5 Å². The van der Waals surface area contributed by atoms with Crippen molar-refractivity contribution in [2.75, 3.05) is 13.7 Å². The molecule has 12 nitrogen and oxygen atoms in total. The fraction of sp³-hybridized carbons (Fsp3) is 0.385. The lowest BCUT2D eigenvalue weighted by molar-refractivity contribution is -0.120. The summed E-state index contributed by atoms with van der Waals surface area (Å²) in [5.74, 6) is -1.14. The zero-order valence-corrected chi connectivity index (χ0v) is 23.4. The number of methoxy groups -OCH3 is 1. The summed E-state index contributed by atoms with van der Waals surface area (Å²) < 4.78 is 28.1.